The predicted molar refractivity (Wildman–Crippen MR) is 57.2 cm³/mol. The van der Waals surface area contributed by atoms with Crippen LogP contribution in [0.2, 0.25) is 0 Å². The molecule has 0 atom stereocenters. The van der Waals surface area contributed by atoms with E-state index < -0.39 is 5.60 Å². The van der Waals surface area contributed by atoms with E-state index in [1.807, 2.05) is 0 Å². The van der Waals surface area contributed by atoms with Gasteiger partial charge in [-0.3, -0.25) is 0 Å². The number of nitrogens with two attached hydrogens (primary N) is 1. The Morgan fingerprint density at radius 2 is 2.21 bits per heavy atom. The highest BCUT2D eigenvalue weighted by molar-refractivity contribution is 7.15. The summed E-state index contributed by atoms with van der Waals surface area (Å²) in [5, 5.41) is 10.9. The molecule has 0 radical (unpaired) electrons. The van der Waals surface area contributed by atoms with Gasteiger partial charge in [-0.15, -0.1) is 0 Å². The summed E-state index contributed by atoms with van der Waals surface area (Å²) in [4.78, 5) is 7.11. The van der Waals surface area contributed by atoms with E-state index >= 15 is 0 Å². The topological polar surface area (TPSA) is 62.4 Å². The van der Waals surface area contributed by atoms with E-state index in [-0.39, 0.29) is 0 Å². The molecule has 0 aromatic carbocycles. The van der Waals surface area contributed by atoms with Gasteiger partial charge < -0.3 is 15.7 Å². The number of aliphatic hydroxyl groups is 1. The van der Waals surface area contributed by atoms with Crippen molar-refractivity contribution in [3.8, 4) is 0 Å². The smallest absolute Gasteiger partial charge is 0.180 e. The van der Waals surface area contributed by atoms with E-state index in [0.29, 0.717) is 5.13 Å². The molecule has 2 rings (SSSR count). The quantitative estimate of drug-likeness (QED) is 0.718. The zero-order valence-corrected chi connectivity index (χ0v) is 9.05. The van der Waals surface area contributed by atoms with Gasteiger partial charge in [0, 0.05) is 19.3 Å². The van der Waals surface area contributed by atoms with Gasteiger partial charge in [-0.1, -0.05) is 11.3 Å². The van der Waals surface area contributed by atoms with Crippen LogP contribution in [0.25, 0.3) is 0 Å². The van der Waals surface area contributed by atoms with Crippen LogP contribution in [0.1, 0.15) is 17.7 Å². The van der Waals surface area contributed by atoms with E-state index in [0.717, 1.165) is 30.8 Å². The van der Waals surface area contributed by atoms with Crippen molar-refractivity contribution < 1.29 is 5.11 Å². The summed E-state index contributed by atoms with van der Waals surface area (Å²) < 4.78 is 0. The Morgan fingerprint density at radius 3 is 2.71 bits per heavy atom. The van der Waals surface area contributed by atoms with Gasteiger partial charge in [-0.05, 0) is 19.9 Å². The maximum absolute atomic E-state index is 10.4. The van der Waals surface area contributed by atoms with Gasteiger partial charge in [0.25, 0.3) is 0 Å². The first-order valence-corrected chi connectivity index (χ1v) is 5.54. The summed E-state index contributed by atoms with van der Waals surface area (Å²) in [6.45, 7) is 1.85. The SMILES string of the molecule is CN1CCC(O)(c2cnc(N)s2)CC1. The Labute approximate surface area is 87.4 Å². The minimum Gasteiger partial charge on any atom is -0.384 e. The van der Waals surface area contributed by atoms with Crippen LogP contribution in [-0.2, 0) is 5.60 Å². The molecule has 0 amide bonds. The number of thiazole rings is 1. The predicted octanol–water partition coefficient (Wildman–Crippen LogP) is 0.639. The number of aromatic nitrogens is 1. The number of hydrogen-bond donors (Lipinski definition) is 2. The lowest BCUT2D eigenvalue weighted by Crippen LogP contribution is -2.40. The van der Waals surface area contributed by atoms with Gasteiger partial charge in [-0.25, -0.2) is 4.98 Å². The maximum atomic E-state index is 10.4. The van der Waals surface area contributed by atoms with E-state index in [1.54, 1.807) is 6.20 Å². The number of likely N-dealkylation sites (tertiary alicyclic amines) is 1. The van der Waals surface area contributed by atoms with Crippen LogP contribution in [0, 0.1) is 0 Å². The number of piperidine rings is 1. The monoisotopic (exact) mass is 213 g/mol. The third-order valence-electron chi connectivity index (χ3n) is 2.80. The molecule has 1 aliphatic rings. The molecule has 1 fully saturated rings. The Balaban J connectivity index is 2.16. The van der Waals surface area contributed by atoms with Crippen molar-refractivity contribution >= 4 is 16.5 Å². The summed E-state index contributed by atoms with van der Waals surface area (Å²) in [5.41, 5.74) is 4.86. The lowest BCUT2D eigenvalue weighted by Gasteiger charge is -2.35. The maximum Gasteiger partial charge on any atom is 0.180 e. The van der Waals surface area contributed by atoms with Gasteiger partial charge >= 0.3 is 0 Å². The molecule has 1 saturated heterocycles. The highest BCUT2D eigenvalue weighted by Gasteiger charge is 2.34. The van der Waals surface area contributed by atoms with Crippen LogP contribution in [-0.4, -0.2) is 35.1 Å². The van der Waals surface area contributed by atoms with Crippen molar-refractivity contribution in [1.82, 2.24) is 9.88 Å². The molecule has 0 saturated carbocycles. The third-order valence-corrected chi connectivity index (χ3v) is 3.82. The average Bonchev–Trinajstić information content (AvgIpc) is 2.58. The summed E-state index contributed by atoms with van der Waals surface area (Å²) in [6.07, 6.45) is 3.24. The normalized spacial score (nSPS) is 22.4. The molecular formula is C9H15N3OS. The molecule has 2 heterocycles. The van der Waals surface area contributed by atoms with Gasteiger partial charge in [0.2, 0.25) is 0 Å². The average molecular weight is 213 g/mol. The molecule has 78 valence electrons. The molecule has 0 aliphatic carbocycles. The first-order valence-electron chi connectivity index (χ1n) is 4.73. The Bertz CT molecular complexity index is 318. The molecule has 14 heavy (non-hydrogen) atoms. The molecule has 0 unspecified atom stereocenters. The lowest BCUT2D eigenvalue weighted by molar-refractivity contribution is -0.0173. The van der Waals surface area contributed by atoms with Crippen LogP contribution in [0.15, 0.2) is 6.20 Å². The fourth-order valence-corrected chi connectivity index (χ4v) is 2.57. The van der Waals surface area contributed by atoms with Crippen LogP contribution >= 0.6 is 11.3 Å². The van der Waals surface area contributed by atoms with Crippen LogP contribution < -0.4 is 5.73 Å². The lowest BCUT2D eigenvalue weighted by atomic mass is 9.91. The number of hydrogen-bond acceptors (Lipinski definition) is 5. The zero-order valence-electron chi connectivity index (χ0n) is 8.23. The summed E-state index contributed by atoms with van der Waals surface area (Å²) in [7, 11) is 2.07. The fourth-order valence-electron chi connectivity index (χ4n) is 1.74. The largest absolute Gasteiger partial charge is 0.384 e. The van der Waals surface area contributed by atoms with E-state index in [1.165, 1.54) is 11.3 Å². The van der Waals surface area contributed by atoms with Crippen molar-refractivity contribution in [1.29, 1.82) is 0 Å². The van der Waals surface area contributed by atoms with Crippen molar-refractivity contribution in [2.75, 3.05) is 25.9 Å². The molecule has 1 aromatic rings. The molecule has 5 heteroatoms. The fraction of sp³-hybridized carbons (Fsp3) is 0.667. The first kappa shape index (κ1) is 9.89. The van der Waals surface area contributed by atoms with Crippen LogP contribution in [0.4, 0.5) is 5.13 Å². The number of nitrogen functional groups attached to an aromatic ring is 1. The van der Waals surface area contributed by atoms with Crippen molar-refractivity contribution in [3.63, 3.8) is 0 Å². The minimum atomic E-state index is -0.693. The summed E-state index contributed by atoms with van der Waals surface area (Å²) in [5.74, 6) is 0. The number of nitrogens with zero attached hydrogens (tertiary/aromatic N) is 2. The van der Waals surface area contributed by atoms with E-state index in [2.05, 4.69) is 16.9 Å². The Hall–Kier alpha value is -0.650. The second-order valence-corrected chi connectivity index (χ2v) is 4.96. The van der Waals surface area contributed by atoms with Gasteiger partial charge in [-0.2, -0.15) is 0 Å². The van der Waals surface area contributed by atoms with Crippen molar-refractivity contribution in [3.05, 3.63) is 11.1 Å². The molecule has 1 aliphatic heterocycles. The standard InChI is InChI=1S/C9H15N3OS/c1-12-4-2-9(13,3-5-12)7-6-11-8(10)14-7/h6,13H,2-5H2,1H3,(H2,10,11). The highest BCUT2D eigenvalue weighted by atomic mass is 32.1. The third kappa shape index (κ3) is 1.75. The van der Waals surface area contributed by atoms with Crippen molar-refractivity contribution in [2.45, 2.75) is 18.4 Å². The molecule has 3 N–H and O–H groups in total. The van der Waals surface area contributed by atoms with Gasteiger partial charge in [0.05, 0.1) is 4.88 Å². The van der Waals surface area contributed by atoms with Gasteiger partial charge in [0.15, 0.2) is 5.13 Å². The Kier molecular flexibility index (Phi) is 2.47. The molecule has 4 nitrogen and oxygen atoms in total. The summed E-state index contributed by atoms with van der Waals surface area (Å²) >= 11 is 1.39. The van der Waals surface area contributed by atoms with Gasteiger partial charge in [0.1, 0.15) is 5.60 Å². The second kappa shape index (κ2) is 3.49. The molecule has 1 aromatic heterocycles. The second-order valence-electron chi connectivity index (χ2n) is 3.90. The van der Waals surface area contributed by atoms with E-state index in [9.17, 15) is 5.11 Å². The highest BCUT2D eigenvalue weighted by Crippen LogP contribution is 2.36. The molecular weight excluding hydrogens is 198 g/mol. The van der Waals surface area contributed by atoms with Crippen LogP contribution in [0.3, 0.4) is 0 Å². The number of rotatable bonds is 1. The van der Waals surface area contributed by atoms with Crippen LogP contribution in [0.5, 0.6) is 0 Å². The Morgan fingerprint density at radius 1 is 1.57 bits per heavy atom. The summed E-state index contributed by atoms with van der Waals surface area (Å²) in [6, 6.07) is 0. The minimum absolute atomic E-state index is 0.535. The molecule has 0 spiro atoms. The van der Waals surface area contributed by atoms with Crippen molar-refractivity contribution in [2.24, 2.45) is 0 Å². The number of anilines is 1. The zero-order chi connectivity index (χ0) is 10.2. The first-order chi connectivity index (χ1) is 6.60. The molecule has 0 bridgehead atoms. The van der Waals surface area contributed by atoms with E-state index in [4.69, 9.17) is 5.73 Å².